The van der Waals surface area contributed by atoms with Gasteiger partial charge in [-0.15, -0.1) is 0 Å². The number of nitrogens with zero attached hydrogens (tertiary/aromatic N) is 2. The maximum atomic E-state index is 12.1. The van der Waals surface area contributed by atoms with Crippen LogP contribution < -0.4 is 11.3 Å². The Morgan fingerprint density at radius 3 is 2.38 bits per heavy atom. The molecule has 3 N–H and O–H groups in total. The Labute approximate surface area is 127 Å². The number of hydrogen-bond acceptors (Lipinski definition) is 4. The Kier molecular flexibility index (Phi) is 6.17. The first-order chi connectivity index (χ1) is 10.2. The van der Waals surface area contributed by atoms with Gasteiger partial charge in [-0.25, -0.2) is 5.84 Å². The predicted octanol–water partition coefficient (Wildman–Crippen LogP) is 0.788. The Balaban J connectivity index is 1.96. The van der Waals surface area contributed by atoms with E-state index in [-0.39, 0.29) is 11.8 Å². The summed E-state index contributed by atoms with van der Waals surface area (Å²) >= 11 is 0. The fourth-order valence-electron chi connectivity index (χ4n) is 2.90. The van der Waals surface area contributed by atoms with E-state index in [0.29, 0.717) is 0 Å². The molecule has 1 amide bonds. The Morgan fingerprint density at radius 2 is 1.81 bits per heavy atom. The molecule has 0 saturated carbocycles. The Hall–Kier alpha value is -1.43. The van der Waals surface area contributed by atoms with Crippen molar-refractivity contribution in [2.75, 3.05) is 39.3 Å². The molecule has 0 radical (unpaired) electrons. The molecule has 1 saturated heterocycles. The van der Waals surface area contributed by atoms with Crippen LogP contribution >= 0.6 is 0 Å². The summed E-state index contributed by atoms with van der Waals surface area (Å²) in [5.41, 5.74) is 3.33. The van der Waals surface area contributed by atoms with Crippen molar-refractivity contribution < 1.29 is 4.79 Å². The third-order valence-corrected chi connectivity index (χ3v) is 4.11. The summed E-state index contributed by atoms with van der Waals surface area (Å²) in [6, 6.07) is 9.88. The van der Waals surface area contributed by atoms with Crippen LogP contribution in [0.3, 0.4) is 0 Å². The molecule has 2 rings (SSSR count). The van der Waals surface area contributed by atoms with Gasteiger partial charge in [0.05, 0.1) is 5.92 Å². The van der Waals surface area contributed by atoms with Crippen molar-refractivity contribution in [3.05, 3.63) is 35.9 Å². The van der Waals surface area contributed by atoms with E-state index in [1.165, 1.54) is 13.0 Å². The molecular weight excluding hydrogens is 264 g/mol. The third kappa shape index (κ3) is 4.52. The molecule has 1 aromatic rings. The van der Waals surface area contributed by atoms with E-state index in [0.717, 1.165) is 38.3 Å². The van der Waals surface area contributed by atoms with Crippen molar-refractivity contribution in [3.63, 3.8) is 0 Å². The van der Waals surface area contributed by atoms with Gasteiger partial charge < -0.3 is 4.90 Å². The molecule has 1 unspecified atom stereocenters. The quantitative estimate of drug-likeness (QED) is 0.462. The number of amides is 1. The normalized spacial score (nSPS) is 18.4. The van der Waals surface area contributed by atoms with Crippen LogP contribution in [0, 0.1) is 0 Å². The van der Waals surface area contributed by atoms with Crippen LogP contribution in [0.2, 0.25) is 0 Å². The molecule has 0 aromatic heterocycles. The number of nitrogens with one attached hydrogen (secondary N) is 1. The number of benzene rings is 1. The second kappa shape index (κ2) is 8.12. The predicted molar refractivity (Wildman–Crippen MR) is 84.7 cm³/mol. The van der Waals surface area contributed by atoms with Crippen molar-refractivity contribution >= 4 is 5.91 Å². The minimum Gasteiger partial charge on any atom is -0.301 e. The second-order valence-electron chi connectivity index (χ2n) is 5.61. The molecular formula is C16H26N4O. The van der Waals surface area contributed by atoms with Gasteiger partial charge >= 0.3 is 0 Å². The molecule has 1 atom stereocenters. The van der Waals surface area contributed by atoms with Crippen LogP contribution in [0.5, 0.6) is 0 Å². The van der Waals surface area contributed by atoms with Crippen molar-refractivity contribution in [1.29, 1.82) is 0 Å². The molecule has 1 heterocycles. The molecule has 1 aliphatic rings. The van der Waals surface area contributed by atoms with Crippen LogP contribution in [0.15, 0.2) is 30.3 Å². The molecule has 21 heavy (non-hydrogen) atoms. The van der Waals surface area contributed by atoms with Crippen LogP contribution in [0.25, 0.3) is 0 Å². The largest absolute Gasteiger partial charge is 0.301 e. The smallest absolute Gasteiger partial charge is 0.242 e. The number of hydrazine groups is 1. The molecule has 0 spiro atoms. The van der Waals surface area contributed by atoms with Gasteiger partial charge in [0.2, 0.25) is 5.91 Å². The highest BCUT2D eigenvalue weighted by Crippen LogP contribution is 2.18. The van der Waals surface area contributed by atoms with Gasteiger partial charge in [0.1, 0.15) is 0 Å². The molecule has 1 aromatic carbocycles. The average Bonchev–Trinajstić information content (AvgIpc) is 2.54. The summed E-state index contributed by atoms with van der Waals surface area (Å²) in [5, 5.41) is 0. The van der Waals surface area contributed by atoms with Gasteiger partial charge in [-0.1, -0.05) is 37.3 Å². The molecule has 5 nitrogen and oxygen atoms in total. The number of piperazine rings is 1. The van der Waals surface area contributed by atoms with E-state index < -0.39 is 0 Å². The third-order valence-electron chi connectivity index (χ3n) is 4.11. The SMILES string of the molecule is CCCN1CCN(CC(C(=O)NN)c2ccccc2)CC1. The molecule has 0 bridgehead atoms. The number of hydrogen-bond donors (Lipinski definition) is 2. The molecule has 0 aliphatic carbocycles. The zero-order chi connectivity index (χ0) is 15.1. The van der Waals surface area contributed by atoms with Crippen LogP contribution in [0.1, 0.15) is 24.8 Å². The lowest BCUT2D eigenvalue weighted by Gasteiger charge is -2.36. The van der Waals surface area contributed by atoms with E-state index in [1.54, 1.807) is 0 Å². The summed E-state index contributed by atoms with van der Waals surface area (Å²) in [6.07, 6.45) is 1.20. The summed E-state index contributed by atoms with van der Waals surface area (Å²) in [6.45, 7) is 8.30. The number of nitrogens with two attached hydrogens (primary N) is 1. The lowest BCUT2D eigenvalue weighted by Crippen LogP contribution is -2.49. The van der Waals surface area contributed by atoms with E-state index in [4.69, 9.17) is 5.84 Å². The van der Waals surface area contributed by atoms with E-state index >= 15 is 0 Å². The fraction of sp³-hybridized carbons (Fsp3) is 0.562. The van der Waals surface area contributed by atoms with Gasteiger partial charge in [0.15, 0.2) is 0 Å². The fourth-order valence-corrected chi connectivity index (χ4v) is 2.90. The van der Waals surface area contributed by atoms with Crippen molar-refractivity contribution in [3.8, 4) is 0 Å². The van der Waals surface area contributed by atoms with E-state index in [1.807, 2.05) is 30.3 Å². The zero-order valence-electron chi connectivity index (χ0n) is 12.8. The van der Waals surface area contributed by atoms with Crippen LogP contribution in [-0.2, 0) is 4.79 Å². The molecule has 116 valence electrons. The van der Waals surface area contributed by atoms with Crippen molar-refractivity contribution in [1.82, 2.24) is 15.2 Å². The lowest BCUT2D eigenvalue weighted by molar-refractivity contribution is -0.123. The molecule has 1 fully saturated rings. The summed E-state index contributed by atoms with van der Waals surface area (Å²) in [7, 11) is 0. The van der Waals surface area contributed by atoms with Crippen LogP contribution in [-0.4, -0.2) is 55.0 Å². The first kappa shape index (κ1) is 15.9. The Morgan fingerprint density at radius 1 is 1.19 bits per heavy atom. The summed E-state index contributed by atoms with van der Waals surface area (Å²) in [5.74, 6) is 5.04. The highest BCUT2D eigenvalue weighted by molar-refractivity contribution is 5.83. The van der Waals surface area contributed by atoms with Gasteiger partial charge in [-0.2, -0.15) is 0 Å². The zero-order valence-corrected chi connectivity index (χ0v) is 12.8. The van der Waals surface area contributed by atoms with Gasteiger partial charge in [0.25, 0.3) is 0 Å². The first-order valence-electron chi connectivity index (χ1n) is 7.74. The number of carbonyl (C=O) groups excluding carboxylic acids is 1. The minimum absolute atomic E-state index is 0.114. The second-order valence-corrected chi connectivity index (χ2v) is 5.61. The summed E-state index contributed by atoms with van der Waals surface area (Å²) < 4.78 is 0. The van der Waals surface area contributed by atoms with Gasteiger partial charge in [0, 0.05) is 32.7 Å². The van der Waals surface area contributed by atoms with Gasteiger partial charge in [-0.3, -0.25) is 15.1 Å². The highest BCUT2D eigenvalue weighted by Gasteiger charge is 2.25. The maximum absolute atomic E-state index is 12.1. The average molecular weight is 290 g/mol. The maximum Gasteiger partial charge on any atom is 0.242 e. The highest BCUT2D eigenvalue weighted by atomic mass is 16.2. The topological polar surface area (TPSA) is 61.6 Å². The summed E-state index contributed by atoms with van der Waals surface area (Å²) in [4.78, 5) is 16.9. The van der Waals surface area contributed by atoms with Crippen molar-refractivity contribution in [2.45, 2.75) is 19.3 Å². The molecule has 1 aliphatic heterocycles. The standard InChI is InChI=1S/C16H26N4O/c1-2-8-19-9-11-20(12-10-19)13-15(16(21)18-17)14-6-4-3-5-7-14/h3-7,15H,2,8-13,17H2,1H3,(H,18,21). The van der Waals surface area contributed by atoms with E-state index in [9.17, 15) is 4.79 Å². The Bertz CT molecular complexity index is 429. The number of rotatable bonds is 6. The monoisotopic (exact) mass is 290 g/mol. The first-order valence-corrected chi connectivity index (χ1v) is 7.74. The van der Waals surface area contributed by atoms with Crippen LogP contribution in [0.4, 0.5) is 0 Å². The van der Waals surface area contributed by atoms with Crippen molar-refractivity contribution in [2.24, 2.45) is 5.84 Å². The number of carbonyl (C=O) groups is 1. The lowest BCUT2D eigenvalue weighted by atomic mass is 9.97. The van der Waals surface area contributed by atoms with E-state index in [2.05, 4.69) is 22.1 Å². The van der Waals surface area contributed by atoms with Gasteiger partial charge in [-0.05, 0) is 18.5 Å². The molecule has 5 heteroatoms. The minimum atomic E-state index is -0.200.